The first-order valence-electron chi connectivity index (χ1n) is 9.37. The number of nitro groups is 1. The number of carbonyl (C=O) groups excluding carboxylic acids is 1. The minimum Gasteiger partial charge on any atom is -0.410 e. The number of unbranched alkanes of at least 4 members (excludes halogenated alkanes) is 2. The van der Waals surface area contributed by atoms with Crippen molar-refractivity contribution in [2.45, 2.75) is 77.7 Å². The van der Waals surface area contributed by atoms with Crippen molar-refractivity contribution in [2.24, 2.45) is 0 Å². The average Bonchev–Trinajstić information content (AvgIpc) is 2.54. The van der Waals surface area contributed by atoms with E-state index in [1.54, 1.807) is 0 Å². The number of hydrogen-bond donors (Lipinski definition) is 1. The van der Waals surface area contributed by atoms with E-state index in [9.17, 15) is 14.9 Å². The zero-order chi connectivity index (χ0) is 20.7. The molecule has 1 atom stereocenters. The van der Waals surface area contributed by atoms with Gasteiger partial charge in [0.1, 0.15) is 12.0 Å². The van der Waals surface area contributed by atoms with Gasteiger partial charge >= 0.3 is 6.09 Å². The van der Waals surface area contributed by atoms with Gasteiger partial charge in [0.25, 0.3) is 5.69 Å². The van der Waals surface area contributed by atoms with Crippen LogP contribution in [0.3, 0.4) is 0 Å². The molecule has 152 valence electrons. The Morgan fingerprint density at radius 1 is 1.22 bits per heavy atom. The van der Waals surface area contributed by atoms with Crippen molar-refractivity contribution >= 4 is 20.1 Å². The third-order valence-electron chi connectivity index (χ3n) is 4.85. The highest BCUT2D eigenvalue weighted by atomic mass is 28.4. The number of non-ortho nitro benzene ring substituents is 1. The van der Waals surface area contributed by atoms with Gasteiger partial charge in [0.2, 0.25) is 0 Å². The summed E-state index contributed by atoms with van der Waals surface area (Å²) in [6.07, 6.45) is 2.78. The molecule has 1 aromatic rings. The van der Waals surface area contributed by atoms with Gasteiger partial charge in [-0.25, -0.2) is 4.79 Å². The molecule has 8 heteroatoms. The minimum atomic E-state index is -2.05. The van der Waals surface area contributed by atoms with E-state index >= 15 is 0 Å². The molecule has 0 saturated carbocycles. The largest absolute Gasteiger partial charge is 0.414 e. The van der Waals surface area contributed by atoms with Gasteiger partial charge in [-0.05, 0) is 43.1 Å². The maximum Gasteiger partial charge on any atom is 0.414 e. The molecule has 27 heavy (non-hydrogen) atoms. The number of ether oxygens (including phenoxy) is 1. The highest BCUT2D eigenvalue weighted by Gasteiger charge is 2.39. The predicted octanol–water partition coefficient (Wildman–Crippen LogP) is 5.61. The van der Waals surface area contributed by atoms with Crippen molar-refractivity contribution in [1.82, 2.24) is 5.32 Å². The topological polar surface area (TPSA) is 90.7 Å². The van der Waals surface area contributed by atoms with E-state index in [0.717, 1.165) is 25.7 Å². The lowest BCUT2D eigenvalue weighted by Crippen LogP contribution is -2.50. The first-order chi connectivity index (χ1) is 12.5. The second kappa shape index (κ2) is 9.84. The monoisotopic (exact) mass is 396 g/mol. The molecule has 0 heterocycles. The molecule has 1 amide bonds. The summed E-state index contributed by atoms with van der Waals surface area (Å²) < 4.78 is 11.6. The molecule has 1 N–H and O–H groups in total. The SMILES string of the molecule is CCCCCC(NC(=O)Oc1ccc([N+](=O)[O-])cc1)O[Si](C)(C)C(C)(C)C. The minimum absolute atomic E-state index is 0.0277. The molecule has 0 radical (unpaired) electrons. The summed E-state index contributed by atoms with van der Waals surface area (Å²) in [5.74, 6) is 0.248. The maximum absolute atomic E-state index is 12.3. The summed E-state index contributed by atoms with van der Waals surface area (Å²) >= 11 is 0. The van der Waals surface area contributed by atoms with Gasteiger partial charge in [0.15, 0.2) is 8.32 Å². The van der Waals surface area contributed by atoms with E-state index in [-0.39, 0.29) is 16.5 Å². The van der Waals surface area contributed by atoms with Gasteiger partial charge in [-0.1, -0.05) is 40.5 Å². The van der Waals surface area contributed by atoms with E-state index in [1.165, 1.54) is 24.3 Å². The fraction of sp³-hybridized carbons (Fsp3) is 0.632. The molecule has 1 rings (SSSR count). The second-order valence-electron chi connectivity index (χ2n) is 8.15. The molecule has 0 aliphatic heterocycles. The van der Waals surface area contributed by atoms with Crippen LogP contribution < -0.4 is 10.1 Å². The van der Waals surface area contributed by atoms with E-state index in [0.29, 0.717) is 0 Å². The Hall–Kier alpha value is -1.93. The molecule has 0 spiro atoms. The average molecular weight is 397 g/mol. The normalized spacial score (nSPS) is 13.1. The Bertz CT molecular complexity index is 626. The summed E-state index contributed by atoms with van der Waals surface area (Å²) in [7, 11) is -2.05. The maximum atomic E-state index is 12.3. The van der Waals surface area contributed by atoms with Gasteiger partial charge in [0, 0.05) is 12.1 Å². The smallest absolute Gasteiger partial charge is 0.410 e. The van der Waals surface area contributed by atoms with E-state index in [2.05, 4.69) is 46.1 Å². The molecule has 1 unspecified atom stereocenters. The zero-order valence-electron chi connectivity index (χ0n) is 17.2. The number of nitro benzene ring substituents is 1. The van der Waals surface area contributed by atoms with E-state index < -0.39 is 25.6 Å². The quantitative estimate of drug-likeness (QED) is 0.192. The predicted molar refractivity (Wildman–Crippen MR) is 108 cm³/mol. The van der Waals surface area contributed by atoms with Crippen LogP contribution in [0, 0.1) is 10.1 Å². The Kier molecular flexibility index (Phi) is 8.42. The lowest BCUT2D eigenvalue weighted by molar-refractivity contribution is -0.384. The van der Waals surface area contributed by atoms with Gasteiger partial charge in [0.05, 0.1) is 4.92 Å². The fourth-order valence-electron chi connectivity index (χ4n) is 2.18. The number of benzene rings is 1. The number of carbonyl (C=O) groups is 1. The summed E-state index contributed by atoms with van der Waals surface area (Å²) in [5.41, 5.74) is -0.0542. The molecule has 0 bridgehead atoms. The van der Waals surface area contributed by atoms with Gasteiger partial charge in [-0.2, -0.15) is 0 Å². The summed E-state index contributed by atoms with van der Waals surface area (Å²) in [4.78, 5) is 22.5. The van der Waals surface area contributed by atoms with Crippen molar-refractivity contribution in [3.05, 3.63) is 34.4 Å². The third kappa shape index (κ3) is 7.68. The second-order valence-corrected chi connectivity index (χ2v) is 12.9. The highest BCUT2D eigenvalue weighted by Crippen LogP contribution is 2.37. The molecular weight excluding hydrogens is 364 g/mol. The Morgan fingerprint density at radius 3 is 2.30 bits per heavy atom. The van der Waals surface area contributed by atoms with Crippen LogP contribution in [0.4, 0.5) is 10.5 Å². The zero-order valence-corrected chi connectivity index (χ0v) is 18.2. The molecule has 0 aromatic heterocycles. The molecule has 0 aliphatic rings. The Labute approximate surface area is 162 Å². The van der Waals surface area contributed by atoms with Crippen molar-refractivity contribution in [3.63, 3.8) is 0 Å². The van der Waals surface area contributed by atoms with Gasteiger partial charge < -0.3 is 9.16 Å². The van der Waals surface area contributed by atoms with Crippen LogP contribution in [0.25, 0.3) is 0 Å². The first kappa shape index (κ1) is 23.1. The molecule has 0 aliphatic carbocycles. The number of hydrogen-bond acceptors (Lipinski definition) is 5. The van der Waals surface area contributed by atoms with Crippen molar-refractivity contribution < 1.29 is 18.9 Å². The number of nitrogens with one attached hydrogen (secondary N) is 1. The highest BCUT2D eigenvalue weighted by molar-refractivity contribution is 6.74. The first-order valence-corrected chi connectivity index (χ1v) is 12.3. The number of amides is 1. The molecule has 1 aromatic carbocycles. The molecule has 0 fully saturated rings. The van der Waals surface area contributed by atoms with Crippen LogP contribution >= 0.6 is 0 Å². The van der Waals surface area contributed by atoms with Crippen LogP contribution in [0.2, 0.25) is 18.1 Å². The third-order valence-corrected chi connectivity index (χ3v) is 9.34. The lowest BCUT2D eigenvalue weighted by atomic mass is 10.2. The summed E-state index contributed by atoms with van der Waals surface area (Å²) in [6.45, 7) is 12.9. The summed E-state index contributed by atoms with van der Waals surface area (Å²) in [6, 6.07) is 5.40. The van der Waals surface area contributed by atoms with Crippen LogP contribution in [-0.2, 0) is 4.43 Å². The van der Waals surface area contributed by atoms with Crippen LogP contribution in [0.5, 0.6) is 5.75 Å². The van der Waals surface area contributed by atoms with Crippen LogP contribution in [0.15, 0.2) is 24.3 Å². The van der Waals surface area contributed by atoms with Crippen molar-refractivity contribution in [2.75, 3.05) is 0 Å². The summed E-state index contributed by atoms with van der Waals surface area (Å²) in [5, 5.41) is 13.5. The van der Waals surface area contributed by atoms with Crippen LogP contribution in [-0.4, -0.2) is 25.6 Å². The van der Waals surface area contributed by atoms with Crippen LogP contribution in [0.1, 0.15) is 53.4 Å². The number of rotatable bonds is 9. The fourth-order valence-corrected chi connectivity index (χ4v) is 3.42. The van der Waals surface area contributed by atoms with E-state index in [1.807, 2.05) is 0 Å². The number of nitrogens with zero attached hydrogens (tertiary/aromatic N) is 1. The Morgan fingerprint density at radius 2 is 1.81 bits per heavy atom. The van der Waals surface area contributed by atoms with Crippen molar-refractivity contribution in [3.8, 4) is 5.75 Å². The Balaban J connectivity index is 2.75. The van der Waals surface area contributed by atoms with E-state index in [4.69, 9.17) is 9.16 Å². The van der Waals surface area contributed by atoms with Crippen molar-refractivity contribution in [1.29, 1.82) is 0 Å². The van der Waals surface area contributed by atoms with Gasteiger partial charge in [-0.3, -0.25) is 15.4 Å². The molecule has 0 saturated heterocycles. The lowest BCUT2D eigenvalue weighted by Gasteiger charge is -2.39. The molecular formula is C19H32N2O5Si. The van der Waals surface area contributed by atoms with Gasteiger partial charge in [-0.15, -0.1) is 0 Å². The standard InChI is InChI=1S/C19H32N2O5Si/c1-7-8-9-10-17(26-27(5,6)19(2,3)4)20-18(22)25-16-13-11-15(12-14-16)21(23)24/h11-14,17H,7-10H2,1-6H3,(H,20,22). The molecule has 7 nitrogen and oxygen atoms in total.